The number of allylic oxidation sites excluding steroid dienone is 1. The van der Waals surface area contributed by atoms with E-state index in [0.717, 1.165) is 5.56 Å². The molecule has 1 atom stereocenters. The molecule has 1 aliphatic heterocycles. The fourth-order valence-corrected chi connectivity index (χ4v) is 3.61. The Morgan fingerprint density at radius 3 is 2.80 bits per heavy atom. The molecule has 6 heteroatoms. The van der Waals surface area contributed by atoms with Gasteiger partial charge in [-0.05, 0) is 42.3 Å². The lowest BCUT2D eigenvalue weighted by molar-refractivity contribution is -0.139. The van der Waals surface area contributed by atoms with Gasteiger partial charge in [0.2, 0.25) is 5.91 Å². The van der Waals surface area contributed by atoms with Crippen molar-refractivity contribution in [1.82, 2.24) is 4.90 Å². The van der Waals surface area contributed by atoms with Crippen LogP contribution >= 0.6 is 0 Å². The van der Waals surface area contributed by atoms with E-state index in [2.05, 4.69) is 12.6 Å². The van der Waals surface area contributed by atoms with Crippen molar-refractivity contribution in [2.45, 2.75) is 25.8 Å². The lowest BCUT2D eigenvalue weighted by atomic mass is 9.83. The monoisotopic (exact) mass is 404 g/mol. The van der Waals surface area contributed by atoms with Crippen LogP contribution in [0.5, 0.6) is 0 Å². The highest BCUT2D eigenvalue weighted by atomic mass is 19.1. The van der Waals surface area contributed by atoms with Gasteiger partial charge < -0.3 is 9.64 Å². The fourth-order valence-electron chi connectivity index (χ4n) is 3.61. The number of halogens is 1. The third kappa shape index (κ3) is 4.47. The molecule has 0 fully saturated rings. The first-order valence-electron chi connectivity index (χ1n) is 9.48. The normalized spacial score (nSPS) is 16.2. The molecule has 1 unspecified atom stereocenters. The van der Waals surface area contributed by atoms with Crippen LogP contribution in [0.25, 0.3) is 0 Å². The summed E-state index contributed by atoms with van der Waals surface area (Å²) in [6, 6.07) is 14.9. The highest BCUT2D eigenvalue weighted by Crippen LogP contribution is 2.38. The Morgan fingerprint density at radius 2 is 2.10 bits per heavy atom. The van der Waals surface area contributed by atoms with E-state index < -0.39 is 17.7 Å². The van der Waals surface area contributed by atoms with E-state index in [1.165, 1.54) is 23.1 Å². The summed E-state index contributed by atoms with van der Waals surface area (Å²) in [6.07, 6.45) is 1.47. The topological polar surface area (TPSA) is 70.4 Å². The van der Waals surface area contributed by atoms with Crippen molar-refractivity contribution in [2.75, 3.05) is 6.61 Å². The van der Waals surface area contributed by atoms with Crippen molar-refractivity contribution in [3.63, 3.8) is 0 Å². The summed E-state index contributed by atoms with van der Waals surface area (Å²) in [5, 5.41) is 9.11. The summed E-state index contributed by atoms with van der Waals surface area (Å²) in [6.45, 7) is 5.48. The molecule has 0 saturated heterocycles. The number of carbonyl (C=O) groups excluding carboxylic acids is 2. The van der Waals surface area contributed by atoms with Gasteiger partial charge in [0, 0.05) is 18.0 Å². The average Bonchev–Trinajstić information content (AvgIpc) is 2.74. The molecule has 0 N–H and O–H groups in total. The van der Waals surface area contributed by atoms with Crippen molar-refractivity contribution in [3.05, 3.63) is 95.0 Å². The van der Waals surface area contributed by atoms with Gasteiger partial charge in [-0.1, -0.05) is 36.9 Å². The fraction of sp³-hybridized carbons (Fsp3) is 0.208. The van der Waals surface area contributed by atoms with Crippen LogP contribution in [0.4, 0.5) is 4.39 Å². The van der Waals surface area contributed by atoms with Gasteiger partial charge in [-0.3, -0.25) is 4.79 Å². The maximum Gasteiger partial charge on any atom is 0.336 e. The molecular formula is C24H21FN2O3. The van der Waals surface area contributed by atoms with Gasteiger partial charge in [-0.15, -0.1) is 0 Å². The number of rotatable bonds is 6. The summed E-state index contributed by atoms with van der Waals surface area (Å²) >= 11 is 0. The third-order valence-electron chi connectivity index (χ3n) is 5.02. The predicted molar refractivity (Wildman–Crippen MR) is 109 cm³/mol. The van der Waals surface area contributed by atoms with Crippen molar-refractivity contribution >= 4 is 11.9 Å². The van der Waals surface area contributed by atoms with Crippen LogP contribution in [0.2, 0.25) is 0 Å². The summed E-state index contributed by atoms with van der Waals surface area (Å²) in [7, 11) is 0. The number of nitriles is 1. The zero-order chi connectivity index (χ0) is 21.7. The second-order valence-electron chi connectivity index (χ2n) is 6.99. The molecular weight excluding hydrogens is 383 g/mol. The summed E-state index contributed by atoms with van der Waals surface area (Å²) in [5.41, 5.74) is 2.57. The molecule has 1 amide bonds. The Morgan fingerprint density at radius 1 is 1.33 bits per heavy atom. The molecule has 0 bridgehead atoms. The Bertz CT molecular complexity index is 1070. The van der Waals surface area contributed by atoms with Gasteiger partial charge in [-0.2, -0.15) is 5.26 Å². The maximum atomic E-state index is 13.8. The quantitative estimate of drug-likeness (QED) is 0.534. The molecule has 3 rings (SSSR count). The number of hydrogen-bond acceptors (Lipinski definition) is 4. The molecule has 1 aliphatic rings. The number of amides is 1. The standard InChI is InChI=1S/C24H21FN2O3/c1-3-10-30-24(29)23-16(2)27(15-18-7-4-6-17(11-18)14-26)22(28)13-21(23)19-8-5-9-20(25)12-19/h3-9,11-12,21H,1,10,13,15H2,2H3. The van der Waals surface area contributed by atoms with Crippen LogP contribution in [-0.2, 0) is 20.9 Å². The van der Waals surface area contributed by atoms with Gasteiger partial charge in [0.25, 0.3) is 0 Å². The molecule has 2 aromatic carbocycles. The van der Waals surface area contributed by atoms with Crippen LogP contribution in [-0.4, -0.2) is 23.4 Å². The minimum absolute atomic E-state index is 0.0112. The molecule has 0 aromatic heterocycles. The van der Waals surface area contributed by atoms with Gasteiger partial charge in [0.1, 0.15) is 12.4 Å². The maximum absolute atomic E-state index is 13.8. The zero-order valence-corrected chi connectivity index (χ0v) is 16.6. The van der Waals surface area contributed by atoms with Crippen molar-refractivity contribution in [3.8, 4) is 6.07 Å². The summed E-state index contributed by atoms with van der Waals surface area (Å²) in [4.78, 5) is 27.3. The molecule has 1 heterocycles. The van der Waals surface area contributed by atoms with Gasteiger partial charge in [0.05, 0.1) is 23.8 Å². The number of hydrogen-bond donors (Lipinski definition) is 0. The van der Waals surface area contributed by atoms with Crippen LogP contribution in [0.1, 0.15) is 36.0 Å². The van der Waals surface area contributed by atoms with Gasteiger partial charge in [-0.25, -0.2) is 9.18 Å². The second-order valence-corrected chi connectivity index (χ2v) is 6.99. The minimum atomic E-state index is -0.604. The summed E-state index contributed by atoms with van der Waals surface area (Å²) < 4.78 is 19.1. The highest BCUT2D eigenvalue weighted by Gasteiger charge is 2.37. The first-order chi connectivity index (χ1) is 14.4. The summed E-state index contributed by atoms with van der Waals surface area (Å²) in [5.74, 6) is -1.80. The molecule has 2 aromatic rings. The molecule has 30 heavy (non-hydrogen) atoms. The van der Waals surface area contributed by atoms with E-state index in [1.807, 2.05) is 6.07 Å². The van der Waals surface area contributed by atoms with E-state index in [-0.39, 0.29) is 25.5 Å². The first kappa shape index (κ1) is 21.0. The van der Waals surface area contributed by atoms with E-state index >= 15 is 0 Å². The largest absolute Gasteiger partial charge is 0.458 e. The molecule has 0 radical (unpaired) electrons. The number of ether oxygens (including phenoxy) is 1. The lowest BCUT2D eigenvalue weighted by Crippen LogP contribution is -2.38. The highest BCUT2D eigenvalue weighted by molar-refractivity contribution is 5.95. The van der Waals surface area contributed by atoms with Crippen LogP contribution < -0.4 is 0 Å². The van der Waals surface area contributed by atoms with Crippen LogP contribution in [0.3, 0.4) is 0 Å². The van der Waals surface area contributed by atoms with Gasteiger partial charge in [0.15, 0.2) is 0 Å². The number of nitrogens with zero attached hydrogens (tertiary/aromatic N) is 2. The van der Waals surface area contributed by atoms with Gasteiger partial charge >= 0.3 is 5.97 Å². The van der Waals surface area contributed by atoms with E-state index in [9.17, 15) is 14.0 Å². The van der Waals surface area contributed by atoms with E-state index in [0.29, 0.717) is 22.4 Å². The zero-order valence-electron chi connectivity index (χ0n) is 16.6. The number of carbonyl (C=O) groups is 2. The van der Waals surface area contributed by atoms with E-state index in [1.54, 1.807) is 37.3 Å². The Kier molecular flexibility index (Phi) is 6.43. The molecule has 5 nitrogen and oxygen atoms in total. The van der Waals surface area contributed by atoms with Crippen LogP contribution in [0.15, 0.2) is 72.5 Å². The second kappa shape index (κ2) is 9.19. The number of benzene rings is 2. The smallest absolute Gasteiger partial charge is 0.336 e. The van der Waals surface area contributed by atoms with Crippen LogP contribution in [0, 0.1) is 17.1 Å². The van der Waals surface area contributed by atoms with E-state index in [4.69, 9.17) is 10.00 Å². The third-order valence-corrected chi connectivity index (χ3v) is 5.02. The minimum Gasteiger partial charge on any atom is -0.458 e. The average molecular weight is 404 g/mol. The Labute approximate surface area is 174 Å². The van der Waals surface area contributed by atoms with Crippen molar-refractivity contribution in [1.29, 1.82) is 5.26 Å². The molecule has 0 saturated carbocycles. The van der Waals surface area contributed by atoms with Crippen molar-refractivity contribution in [2.24, 2.45) is 0 Å². The molecule has 0 aliphatic carbocycles. The van der Waals surface area contributed by atoms with Crippen molar-refractivity contribution < 1.29 is 18.7 Å². The predicted octanol–water partition coefficient (Wildman–Crippen LogP) is 4.22. The SMILES string of the molecule is C=CCOC(=O)C1=C(C)N(Cc2cccc(C#N)c2)C(=O)CC1c1cccc(F)c1. The Balaban J connectivity index is 2.03. The first-order valence-corrected chi connectivity index (χ1v) is 9.48. The Hall–Kier alpha value is -3.72. The number of esters is 1. The molecule has 152 valence electrons. The molecule has 0 spiro atoms. The lowest BCUT2D eigenvalue weighted by Gasteiger charge is -2.34.